The molecule has 1 nitrogen and oxygen atoms in total. The minimum absolute atomic E-state index is 0. The second-order valence-electron chi connectivity index (χ2n) is 3.47. The molecular weight excluding hydrogens is 348 g/mol. The van der Waals surface area contributed by atoms with Crippen LogP contribution in [0.1, 0.15) is 15.9 Å². The van der Waals surface area contributed by atoms with Gasteiger partial charge in [-0.25, -0.2) is 0 Å². The molecule has 0 spiro atoms. The van der Waals surface area contributed by atoms with Gasteiger partial charge < -0.3 is 0 Å². The van der Waals surface area contributed by atoms with E-state index < -0.39 is 0 Å². The molecule has 0 saturated heterocycles. The molecule has 17 heavy (non-hydrogen) atoms. The van der Waals surface area contributed by atoms with Crippen molar-refractivity contribution < 1.29 is 54.2 Å². The number of carbonyl (C=O) groups excluding carboxylic acids is 1. The third-order valence-corrected chi connectivity index (χ3v) is 2.29. The van der Waals surface area contributed by atoms with Crippen molar-refractivity contribution in [3.8, 4) is 0 Å². The van der Waals surface area contributed by atoms with Gasteiger partial charge in [-0.2, -0.15) is 0 Å². The van der Waals surface area contributed by atoms with Crippen LogP contribution in [0.4, 0.5) is 0 Å². The molecule has 0 fully saturated rings. The number of ketones is 1. The van der Waals surface area contributed by atoms with Crippen LogP contribution in [-0.4, -0.2) is 5.78 Å². The van der Waals surface area contributed by atoms with Crippen LogP contribution in [0.15, 0.2) is 66.7 Å². The summed E-state index contributed by atoms with van der Waals surface area (Å²) in [4.78, 5) is 11.7. The maximum absolute atomic E-state index is 11.7. The van der Waals surface area contributed by atoms with E-state index in [1.165, 1.54) is 0 Å². The Balaban J connectivity index is 0.00000144. The Morgan fingerprint density at radius 2 is 1.35 bits per heavy atom. The normalized spacial score (nSPS) is 9.88. The summed E-state index contributed by atoms with van der Waals surface area (Å²) in [5.41, 5.74) is 1.75. The zero-order valence-electron chi connectivity index (χ0n) is 9.21. The molecular formula is C15H12EuO. The Kier molecular flexibility index (Phi) is 6.57. The molecule has 2 aromatic carbocycles. The van der Waals surface area contributed by atoms with E-state index in [-0.39, 0.29) is 55.2 Å². The van der Waals surface area contributed by atoms with Crippen molar-refractivity contribution in [2.75, 3.05) is 0 Å². The molecule has 2 rings (SSSR count). The van der Waals surface area contributed by atoms with E-state index in [1.54, 1.807) is 6.08 Å². The first-order valence-corrected chi connectivity index (χ1v) is 5.19. The number of benzene rings is 2. The molecule has 2 aromatic rings. The monoisotopic (exact) mass is 361 g/mol. The van der Waals surface area contributed by atoms with Crippen molar-refractivity contribution >= 4 is 11.9 Å². The topological polar surface area (TPSA) is 17.1 Å². The number of hydrogen-bond donors (Lipinski definition) is 0. The standard InChI is InChI=1S/C15H12O.Eu/c16-15(14-9-5-2-6-10-14)12-11-13-7-3-1-4-8-13;/h1-12H;. The van der Waals surface area contributed by atoms with Crippen LogP contribution in [0, 0.1) is 49.4 Å². The smallest absolute Gasteiger partial charge is 0.185 e. The summed E-state index contributed by atoms with van der Waals surface area (Å²) >= 11 is 0. The molecule has 0 bridgehead atoms. The van der Waals surface area contributed by atoms with E-state index in [9.17, 15) is 4.79 Å². The van der Waals surface area contributed by atoms with Gasteiger partial charge in [0.25, 0.3) is 0 Å². The molecule has 0 atom stereocenters. The molecule has 0 saturated carbocycles. The minimum Gasteiger partial charge on any atom is -0.289 e. The Morgan fingerprint density at radius 3 is 1.94 bits per heavy atom. The second kappa shape index (κ2) is 7.70. The maximum Gasteiger partial charge on any atom is 0.185 e. The van der Waals surface area contributed by atoms with Gasteiger partial charge in [-0.1, -0.05) is 66.7 Å². The molecule has 0 amide bonds. The average molecular weight is 360 g/mol. The Morgan fingerprint density at radius 1 is 0.824 bits per heavy atom. The fourth-order valence-corrected chi connectivity index (χ4v) is 1.43. The summed E-state index contributed by atoms with van der Waals surface area (Å²) in [7, 11) is 0. The number of carbonyl (C=O) groups is 1. The SMILES string of the molecule is O=C(C=Cc1ccccc1)c1ccccc1.[Eu]. The predicted molar refractivity (Wildman–Crippen MR) is 66.2 cm³/mol. The fourth-order valence-electron chi connectivity index (χ4n) is 1.43. The van der Waals surface area contributed by atoms with Crippen LogP contribution < -0.4 is 0 Å². The molecule has 0 aromatic heterocycles. The largest absolute Gasteiger partial charge is 0.289 e. The van der Waals surface area contributed by atoms with Crippen molar-refractivity contribution in [1.82, 2.24) is 0 Å². The van der Waals surface area contributed by atoms with Crippen LogP contribution in [0.3, 0.4) is 0 Å². The van der Waals surface area contributed by atoms with Gasteiger partial charge in [-0.15, -0.1) is 0 Å². The molecule has 0 N–H and O–H groups in total. The first-order chi connectivity index (χ1) is 7.86. The number of hydrogen-bond acceptors (Lipinski definition) is 1. The Hall–Kier alpha value is -0.566. The van der Waals surface area contributed by atoms with Crippen LogP contribution in [0.2, 0.25) is 0 Å². The van der Waals surface area contributed by atoms with E-state index in [4.69, 9.17) is 0 Å². The van der Waals surface area contributed by atoms with Gasteiger partial charge >= 0.3 is 0 Å². The zero-order valence-corrected chi connectivity index (χ0v) is 11.6. The molecule has 0 heterocycles. The van der Waals surface area contributed by atoms with Gasteiger partial charge in [0.15, 0.2) is 5.78 Å². The van der Waals surface area contributed by atoms with Crippen LogP contribution in [-0.2, 0) is 0 Å². The van der Waals surface area contributed by atoms with Gasteiger partial charge in [0, 0.05) is 54.9 Å². The van der Waals surface area contributed by atoms with Gasteiger partial charge in [0.1, 0.15) is 0 Å². The average Bonchev–Trinajstić information content (AvgIpc) is 2.38. The Bertz CT molecular complexity index is 489. The first kappa shape index (κ1) is 14.5. The maximum atomic E-state index is 11.7. The minimum atomic E-state index is 0. The summed E-state index contributed by atoms with van der Waals surface area (Å²) in [5.74, 6) is 0.0319. The third kappa shape index (κ3) is 4.67. The van der Waals surface area contributed by atoms with Crippen LogP contribution in [0.5, 0.6) is 0 Å². The Labute approximate surface area is 142 Å². The van der Waals surface area contributed by atoms with E-state index in [0.717, 1.165) is 11.1 Å². The second-order valence-corrected chi connectivity index (χ2v) is 3.47. The van der Waals surface area contributed by atoms with Crippen LogP contribution in [0.25, 0.3) is 6.08 Å². The van der Waals surface area contributed by atoms with Crippen molar-refractivity contribution in [1.29, 1.82) is 0 Å². The zero-order chi connectivity index (χ0) is 11.2. The van der Waals surface area contributed by atoms with E-state index in [1.807, 2.05) is 66.7 Å². The van der Waals surface area contributed by atoms with Gasteiger partial charge in [0.05, 0.1) is 0 Å². The molecule has 0 aliphatic rings. The predicted octanol–water partition coefficient (Wildman–Crippen LogP) is 3.58. The molecule has 0 aliphatic carbocycles. The van der Waals surface area contributed by atoms with Gasteiger partial charge in [-0.05, 0) is 11.6 Å². The molecule has 85 valence electrons. The van der Waals surface area contributed by atoms with Gasteiger partial charge in [-0.3, -0.25) is 4.79 Å². The number of allylic oxidation sites excluding steroid dienone is 1. The van der Waals surface area contributed by atoms with Crippen molar-refractivity contribution in [3.63, 3.8) is 0 Å². The summed E-state index contributed by atoms with van der Waals surface area (Å²) in [6.45, 7) is 0. The van der Waals surface area contributed by atoms with E-state index >= 15 is 0 Å². The van der Waals surface area contributed by atoms with Crippen molar-refractivity contribution in [3.05, 3.63) is 77.9 Å². The summed E-state index contributed by atoms with van der Waals surface area (Å²) in [5, 5.41) is 0. The van der Waals surface area contributed by atoms with Crippen LogP contribution >= 0.6 is 0 Å². The third-order valence-electron chi connectivity index (χ3n) is 2.29. The van der Waals surface area contributed by atoms with E-state index in [0.29, 0.717) is 0 Å². The van der Waals surface area contributed by atoms with Gasteiger partial charge in [0.2, 0.25) is 0 Å². The molecule has 0 aliphatic heterocycles. The van der Waals surface area contributed by atoms with E-state index in [2.05, 4.69) is 0 Å². The summed E-state index contributed by atoms with van der Waals surface area (Å²) in [6.07, 6.45) is 3.43. The van der Waals surface area contributed by atoms with Crippen molar-refractivity contribution in [2.24, 2.45) is 0 Å². The molecule has 1 radical (unpaired) electrons. The molecule has 2 heteroatoms. The quantitative estimate of drug-likeness (QED) is 0.604. The summed E-state index contributed by atoms with van der Waals surface area (Å²) in [6, 6.07) is 19.1. The first-order valence-electron chi connectivity index (χ1n) is 5.19. The fraction of sp³-hybridized carbons (Fsp3) is 0. The number of rotatable bonds is 3. The molecule has 0 unspecified atom stereocenters. The van der Waals surface area contributed by atoms with Crippen molar-refractivity contribution in [2.45, 2.75) is 0 Å². The summed E-state index contributed by atoms with van der Waals surface area (Å²) < 4.78 is 0.